The van der Waals surface area contributed by atoms with Crippen molar-refractivity contribution in [2.45, 2.75) is 6.54 Å². The second-order valence-corrected chi connectivity index (χ2v) is 3.11. The number of hydrogen-bond acceptors (Lipinski definition) is 3. The highest BCUT2D eigenvalue weighted by molar-refractivity contribution is 5.92. The molecule has 0 atom stereocenters. The summed E-state index contributed by atoms with van der Waals surface area (Å²) < 4.78 is 1.63. The van der Waals surface area contributed by atoms with Crippen LogP contribution in [0.2, 0.25) is 0 Å². The number of pyridine rings is 1. The lowest BCUT2D eigenvalue weighted by Crippen LogP contribution is -2.09. The number of amides is 1. The minimum absolute atomic E-state index is 0.408. The molecule has 2 aromatic rings. The Labute approximate surface area is 86.5 Å². The molecule has 2 rings (SSSR count). The first-order valence-corrected chi connectivity index (χ1v) is 4.48. The molecule has 0 unspecified atom stereocenters. The molecule has 0 aliphatic heterocycles. The number of carbonyl (C=O) groups is 1. The molecule has 0 aliphatic rings. The summed E-state index contributed by atoms with van der Waals surface area (Å²) in [6, 6.07) is 5.65. The van der Waals surface area contributed by atoms with Crippen molar-refractivity contribution in [3.63, 3.8) is 0 Å². The minimum Gasteiger partial charge on any atom is -0.366 e. The first-order valence-electron chi connectivity index (χ1n) is 4.48. The normalized spacial score (nSPS) is 10.1. The van der Waals surface area contributed by atoms with Gasteiger partial charge in [-0.25, -0.2) is 0 Å². The molecule has 0 saturated heterocycles. The maximum absolute atomic E-state index is 10.8. The second kappa shape index (κ2) is 3.91. The van der Waals surface area contributed by atoms with Gasteiger partial charge < -0.3 is 5.73 Å². The van der Waals surface area contributed by atoms with Crippen molar-refractivity contribution in [2.75, 3.05) is 0 Å². The Balaban J connectivity index is 2.15. The van der Waals surface area contributed by atoms with Gasteiger partial charge in [-0.05, 0) is 12.1 Å². The van der Waals surface area contributed by atoms with Crippen LogP contribution in [-0.2, 0) is 6.54 Å². The zero-order chi connectivity index (χ0) is 10.7. The summed E-state index contributed by atoms with van der Waals surface area (Å²) in [4.78, 5) is 15.0. The fraction of sp³-hybridized carbons (Fsp3) is 0.100. The number of rotatable bonds is 3. The Kier molecular flexibility index (Phi) is 2.45. The summed E-state index contributed by atoms with van der Waals surface area (Å²) in [5.74, 6) is -0.470. The van der Waals surface area contributed by atoms with Gasteiger partial charge in [0.25, 0.3) is 5.91 Å². The van der Waals surface area contributed by atoms with Gasteiger partial charge >= 0.3 is 0 Å². The third kappa shape index (κ3) is 2.19. The predicted octanol–water partition coefficient (Wildman–Crippen LogP) is 0.425. The molecule has 0 bridgehead atoms. The van der Waals surface area contributed by atoms with E-state index in [0.717, 1.165) is 5.69 Å². The van der Waals surface area contributed by atoms with Crippen molar-refractivity contribution < 1.29 is 4.79 Å². The molecule has 2 N–H and O–H groups in total. The van der Waals surface area contributed by atoms with Crippen LogP contribution < -0.4 is 5.73 Å². The van der Waals surface area contributed by atoms with Gasteiger partial charge in [-0.2, -0.15) is 5.10 Å². The molecule has 2 heterocycles. The summed E-state index contributed by atoms with van der Waals surface area (Å²) in [6.07, 6.45) is 4.77. The molecular formula is C10H10N4O. The molecule has 2 aromatic heterocycles. The van der Waals surface area contributed by atoms with Gasteiger partial charge in [-0.15, -0.1) is 0 Å². The molecule has 0 fully saturated rings. The Bertz CT molecular complexity index is 463. The van der Waals surface area contributed by atoms with E-state index in [1.54, 1.807) is 17.1 Å². The SMILES string of the molecule is NC(=O)c1cnn(Cc2ccccn2)c1. The average Bonchev–Trinajstić information content (AvgIpc) is 2.68. The third-order valence-corrected chi connectivity index (χ3v) is 1.97. The molecule has 15 heavy (non-hydrogen) atoms. The molecule has 0 spiro atoms. The van der Waals surface area contributed by atoms with Gasteiger partial charge in [0.15, 0.2) is 0 Å². The van der Waals surface area contributed by atoms with Gasteiger partial charge in [0.2, 0.25) is 0 Å². The minimum atomic E-state index is -0.470. The van der Waals surface area contributed by atoms with E-state index in [2.05, 4.69) is 10.1 Å². The highest BCUT2D eigenvalue weighted by Gasteiger charge is 2.04. The van der Waals surface area contributed by atoms with Crippen LogP contribution >= 0.6 is 0 Å². The largest absolute Gasteiger partial charge is 0.366 e. The van der Waals surface area contributed by atoms with Crippen molar-refractivity contribution in [2.24, 2.45) is 5.73 Å². The fourth-order valence-electron chi connectivity index (χ4n) is 1.23. The van der Waals surface area contributed by atoms with Crippen LogP contribution in [0.1, 0.15) is 16.1 Å². The van der Waals surface area contributed by atoms with Crippen LogP contribution in [0.5, 0.6) is 0 Å². The van der Waals surface area contributed by atoms with Gasteiger partial charge in [0, 0.05) is 12.4 Å². The number of carbonyl (C=O) groups excluding carboxylic acids is 1. The summed E-state index contributed by atoms with van der Waals surface area (Å²) >= 11 is 0. The zero-order valence-electron chi connectivity index (χ0n) is 8.00. The topological polar surface area (TPSA) is 73.8 Å². The standard InChI is InChI=1S/C10H10N4O/c11-10(15)8-5-13-14(6-8)7-9-3-1-2-4-12-9/h1-6H,7H2,(H2,11,15). The van der Waals surface area contributed by atoms with Crippen LogP contribution in [0.3, 0.4) is 0 Å². The van der Waals surface area contributed by atoms with Crippen LogP contribution in [0.4, 0.5) is 0 Å². The van der Waals surface area contributed by atoms with Crippen LogP contribution in [0.15, 0.2) is 36.8 Å². The van der Waals surface area contributed by atoms with Crippen LogP contribution in [0, 0.1) is 0 Å². The van der Waals surface area contributed by atoms with Crippen LogP contribution in [-0.4, -0.2) is 20.7 Å². The molecule has 0 aromatic carbocycles. The van der Waals surface area contributed by atoms with Gasteiger partial charge in [-0.3, -0.25) is 14.5 Å². The molecule has 5 heteroatoms. The van der Waals surface area contributed by atoms with Gasteiger partial charge in [0.05, 0.1) is 24.0 Å². The number of nitrogens with two attached hydrogens (primary N) is 1. The lowest BCUT2D eigenvalue weighted by molar-refractivity contribution is 0.1000. The van der Waals surface area contributed by atoms with E-state index in [9.17, 15) is 4.79 Å². The third-order valence-electron chi connectivity index (χ3n) is 1.97. The number of primary amides is 1. The Morgan fingerprint density at radius 2 is 2.33 bits per heavy atom. The van der Waals surface area contributed by atoms with E-state index in [4.69, 9.17) is 5.73 Å². The highest BCUT2D eigenvalue weighted by atomic mass is 16.1. The number of aromatic nitrogens is 3. The van der Waals surface area contributed by atoms with E-state index in [1.807, 2.05) is 18.2 Å². The zero-order valence-corrected chi connectivity index (χ0v) is 8.00. The van der Waals surface area contributed by atoms with Crippen LogP contribution in [0.25, 0.3) is 0 Å². The molecule has 0 saturated carbocycles. The lowest BCUT2D eigenvalue weighted by atomic mass is 10.3. The van der Waals surface area contributed by atoms with E-state index < -0.39 is 5.91 Å². The quantitative estimate of drug-likeness (QED) is 0.784. The first kappa shape index (κ1) is 9.39. The van der Waals surface area contributed by atoms with Crippen molar-refractivity contribution in [1.82, 2.24) is 14.8 Å². The molecule has 0 aliphatic carbocycles. The molecule has 76 valence electrons. The fourth-order valence-corrected chi connectivity index (χ4v) is 1.23. The van der Waals surface area contributed by atoms with E-state index in [1.165, 1.54) is 6.20 Å². The summed E-state index contributed by atoms with van der Waals surface area (Å²) in [5.41, 5.74) is 6.41. The summed E-state index contributed by atoms with van der Waals surface area (Å²) in [6.45, 7) is 0.536. The number of hydrogen-bond donors (Lipinski definition) is 1. The van der Waals surface area contributed by atoms with Crippen molar-refractivity contribution in [1.29, 1.82) is 0 Å². The van der Waals surface area contributed by atoms with Gasteiger partial charge in [0.1, 0.15) is 0 Å². The monoisotopic (exact) mass is 202 g/mol. The smallest absolute Gasteiger partial charge is 0.251 e. The summed E-state index contributed by atoms with van der Waals surface area (Å²) in [7, 11) is 0. The second-order valence-electron chi connectivity index (χ2n) is 3.11. The van der Waals surface area contributed by atoms with E-state index in [0.29, 0.717) is 12.1 Å². The van der Waals surface area contributed by atoms with E-state index in [-0.39, 0.29) is 0 Å². The maximum atomic E-state index is 10.8. The molecule has 0 radical (unpaired) electrons. The van der Waals surface area contributed by atoms with Crippen molar-refractivity contribution in [3.8, 4) is 0 Å². The summed E-state index contributed by atoms with van der Waals surface area (Å²) in [5, 5.41) is 4.01. The molecule has 5 nitrogen and oxygen atoms in total. The predicted molar refractivity (Wildman–Crippen MR) is 54.1 cm³/mol. The lowest BCUT2D eigenvalue weighted by Gasteiger charge is -1.99. The average molecular weight is 202 g/mol. The highest BCUT2D eigenvalue weighted by Crippen LogP contribution is 2.00. The van der Waals surface area contributed by atoms with Crippen molar-refractivity contribution in [3.05, 3.63) is 48.0 Å². The Morgan fingerprint density at radius 3 is 2.93 bits per heavy atom. The molecular weight excluding hydrogens is 192 g/mol. The maximum Gasteiger partial charge on any atom is 0.251 e. The van der Waals surface area contributed by atoms with E-state index >= 15 is 0 Å². The van der Waals surface area contributed by atoms with Gasteiger partial charge in [-0.1, -0.05) is 6.07 Å². The molecule has 1 amide bonds. The first-order chi connectivity index (χ1) is 7.25. The Hall–Kier alpha value is -2.17. The number of nitrogens with zero attached hydrogens (tertiary/aromatic N) is 3. The van der Waals surface area contributed by atoms with Crippen molar-refractivity contribution >= 4 is 5.91 Å². The Morgan fingerprint density at radius 1 is 1.47 bits per heavy atom.